The fourth-order valence-electron chi connectivity index (χ4n) is 2.12. The van der Waals surface area contributed by atoms with E-state index in [1.165, 1.54) is 11.3 Å². The van der Waals surface area contributed by atoms with Crippen molar-refractivity contribution in [2.75, 3.05) is 51.2 Å². The minimum absolute atomic E-state index is 0.0422. The molecule has 1 aliphatic heterocycles. The first-order valence-electron chi connectivity index (χ1n) is 6.89. The van der Waals surface area contributed by atoms with E-state index in [2.05, 4.69) is 25.3 Å². The number of aliphatic hydroxyl groups excluding tert-OH is 1. The van der Waals surface area contributed by atoms with Crippen molar-refractivity contribution in [2.45, 2.75) is 13.3 Å². The van der Waals surface area contributed by atoms with Crippen molar-refractivity contribution in [3.05, 3.63) is 5.01 Å². The second-order valence-electron chi connectivity index (χ2n) is 4.74. The van der Waals surface area contributed by atoms with E-state index in [1.807, 2.05) is 6.92 Å². The minimum atomic E-state index is -0.0422. The van der Waals surface area contributed by atoms with Gasteiger partial charge in [-0.2, -0.15) is 0 Å². The van der Waals surface area contributed by atoms with E-state index in [4.69, 9.17) is 5.11 Å². The van der Waals surface area contributed by atoms with Crippen molar-refractivity contribution < 1.29 is 9.90 Å². The molecule has 8 heteroatoms. The highest BCUT2D eigenvalue weighted by atomic mass is 32.1. The first-order valence-corrected chi connectivity index (χ1v) is 7.70. The zero-order chi connectivity index (χ0) is 14.4. The zero-order valence-electron chi connectivity index (χ0n) is 11.7. The molecule has 1 fully saturated rings. The molecule has 1 aliphatic rings. The molecule has 0 saturated carbocycles. The summed E-state index contributed by atoms with van der Waals surface area (Å²) in [5.41, 5.74) is 0. The Morgan fingerprint density at radius 3 is 2.60 bits per heavy atom. The van der Waals surface area contributed by atoms with Crippen LogP contribution in [-0.2, 0) is 11.2 Å². The zero-order valence-corrected chi connectivity index (χ0v) is 12.5. The molecule has 112 valence electrons. The molecule has 0 bridgehead atoms. The van der Waals surface area contributed by atoms with Gasteiger partial charge < -0.3 is 5.11 Å². The van der Waals surface area contributed by atoms with Crippen LogP contribution in [0.1, 0.15) is 11.9 Å². The van der Waals surface area contributed by atoms with Gasteiger partial charge in [0.1, 0.15) is 5.01 Å². The minimum Gasteiger partial charge on any atom is -0.395 e. The third kappa shape index (κ3) is 4.48. The molecule has 0 radical (unpaired) electrons. The van der Waals surface area contributed by atoms with Crippen LogP contribution < -0.4 is 5.32 Å². The highest BCUT2D eigenvalue weighted by Crippen LogP contribution is 2.15. The third-order valence-corrected chi connectivity index (χ3v) is 4.25. The maximum atomic E-state index is 11.9. The monoisotopic (exact) mass is 299 g/mol. The second-order valence-corrected chi connectivity index (χ2v) is 5.81. The molecule has 1 saturated heterocycles. The number of carbonyl (C=O) groups is 1. The topological polar surface area (TPSA) is 81.6 Å². The largest absolute Gasteiger partial charge is 0.395 e. The van der Waals surface area contributed by atoms with Crippen LogP contribution in [0.5, 0.6) is 0 Å². The summed E-state index contributed by atoms with van der Waals surface area (Å²) in [6, 6.07) is 0. The van der Waals surface area contributed by atoms with Crippen LogP contribution in [0, 0.1) is 0 Å². The Morgan fingerprint density at radius 1 is 1.30 bits per heavy atom. The lowest BCUT2D eigenvalue weighted by Gasteiger charge is -2.33. The van der Waals surface area contributed by atoms with Crippen molar-refractivity contribution >= 4 is 22.4 Å². The lowest BCUT2D eigenvalue weighted by Crippen LogP contribution is -2.49. The van der Waals surface area contributed by atoms with Gasteiger partial charge in [-0.15, -0.1) is 10.2 Å². The normalized spacial score (nSPS) is 17.3. The molecule has 0 aliphatic carbocycles. The molecule has 2 N–H and O–H groups in total. The smallest absolute Gasteiger partial charge is 0.240 e. The van der Waals surface area contributed by atoms with E-state index in [1.54, 1.807) is 0 Å². The van der Waals surface area contributed by atoms with Crippen molar-refractivity contribution in [3.63, 3.8) is 0 Å². The molecule has 20 heavy (non-hydrogen) atoms. The first kappa shape index (κ1) is 15.3. The van der Waals surface area contributed by atoms with E-state index >= 15 is 0 Å². The van der Waals surface area contributed by atoms with Gasteiger partial charge >= 0.3 is 0 Å². The van der Waals surface area contributed by atoms with Crippen LogP contribution in [0.2, 0.25) is 0 Å². The number of nitrogens with one attached hydrogen (secondary N) is 1. The van der Waals surface area contributed by atoms with Gasteiger partial charge in [-0.05, 0) is 6.42 Å². The highest BCUT2D eigenvalue weighted by molar-refractivity contribution is 7.15. The number of hydrogen-bond donors (Lipinski definition) is 2. The predicted molar refractivity (Wildman–Crippen MR) is 77.9 cm³/mol. The Kier molecular flexibility index (Phi) is 5.84. The number of aliphatic hydroxyl groups is 1. The molecule has 0 aromatic carbocycles. The van der Waals surface area contributed by atoms with E-state index in [-0.39, 0.29) is 12.5 Å². The predicted octanol–water partition coefficient (Wildman–Crippen LogP) is -0.351. The SMILES string of the molecule is CCc1nnc(NC(=O)CN2CCN(CCO)CC2)s1. The van der Waals surface area contributed by atoms with Crippen LogP contribution in [0.15, 0.2) is 0 Å². The summed E-state index contributed by atoms with van der Waals surface area (Å²) in [5.74, 6) is -0.0422. The molecule has 0 spiro atoms. The van der Waals surface area contributed by atoms with E-state index in [0.29, 0.717) is 18.2 Å². The summed E-state index contributed by atoms with van der Waals surface area (Å²) < 4.78 is 0. The number of β-amino-alcohol motifs (C(OH)–C–C–N with tert-alkyl or cyclic N) is 1. The van der Waals surface area contributed by atoms with Crippen molar-refractivity contribution in [1.82, 2.24) is 20.0 Å². The van der Waals surface area contributed by atoms with E-state index < -0.39 is 0 Å². The van der Waals surface area contributed by atoms with Gasteiger partial charge in [0.2, 0.25) is 11.0 Å². The Labute approximate surface area is 122 Å². The number of amides is 1. The molecule has 1 aromatic rings. The third-order valence-electron chi connectivity index (χ3n) is 3.26. The molecule has 0 unspecified atom stereocenters. The summed E-state index contributed by atoms with van der Waals surface area (Å²) in [4.78, 5) is 16.2. The summed E-state index contributed by atoms with van der Waals surface area (Å²) in [5, 5.41) is 21.1. The molecule has 2 heterocycles. The average molecular weight is 299 g/mol. The number of hydrogen-bond acceptors (Lipinski definition) is 7. The van der Waals surface area contributed by atoms with Crippen LogP contribution in [0.4, 0.5) is 5.13 Å². The molecular formula is C12H21N5O2S. The van der Waals surface area contributed by atoms with Gasteiger partial charge in [0.15, 0.2) is 0 Å². The van der Waals surface area contributed by atoms with Crippen LogP contribution in [0.25, 0.3) is 0 Å². The maximum absolute atomic E-state index is 11.9. The molecule has 7 nitrogen and oxygen atoms in total. The second kappa shape index (κ2) is 7.63. The average Bonchev–Trinajstić information content (AvgIpc) is 2.89. The van der Waals surface area contributed by atoms with Gasteiger partial charge in [-0.25, -0.2) is 0 Å². The van der Waals surface area contributed by atoms with E-state index in [0.717, 1.165) is 37.6 Å². The van der Waals surface area contributed by atoms with E-state index in [9.17, 15) is 4.79 Å². The molecule has 2 rings (SSSR count). The summed E-state index contributed by atoms with van der Waals surface area (Å²) in [6.07, 6.45) is 0.834. The molecular weight excluding hydrogens is 278 g/mol. The number of aryl methyl sites for hydroxylation is 1. The summed E-state index contributed by atoms with van der Waals surface area (Å²) >= 11 is 1.42. The summed E-state index contributed by atoms with van der Waals surface area (Å²) in [6.45, 7) is 6.79. The fraction of sp³-hybridized carbons (Fsp3) is 0.750. The Bertz CT molecular complexity index is 431. The molecule has 0 atom stereocenters. The molecule has 1 aromatic heterocycles. The fourth-order valence-corrected chi connectivity index (χ4v) is 2.82. The number of rotatable bonds is 6. The number of anilines is 1. The van der Waals surface area contributed by atoms with Gasteiger partial charge in [0.05, 0.1) is 13.2 Å². The van der Waals surface area contributed by atoms with Crippen LogP contribution >= 0.6 is 11.3 Å². The van der Waals surface area contributed by atoms with Gasteiger partial charge in [-0.1, -0.05) is 18.3 Å². The van der Waals surface area contributed by atoms with Gasteiger partial charge in [-0.3, -0.25) is 19.9 Å². The Hall–Kier alpha value is -1.09. The van der Waals surface area contributed by atoms with Crippen molar-refractivity contribution in [2.24, 2.45) is 0 Å². The quantitative estimate of drug-likeness (QED) is 0.747. The van der Waals surface area contributed by atoms with Gasteiger partial charge in [0.25, 0.3) is 0 Å². The first-order chi connectivity index (χ1) is 9.71. The van der Waals surface area contributed by atoms with Crippen molar-refractivity contribution in [3.8, 4) is 0 Å². The maximum Gasteiger partial charge on any atom is 0.240 e. The van der Waals surface area contributed by atoms with Gasteiger partial charge in [0, 0.05) is 32.7 Å². The highest BCUT2D eigenvalue weighted by Gasteiger charge is 2.19. The number of piperazine rings is 1. The number of nitrogens with zero attached hydrogens (tertiary/aromatic N) is 4. The number of carbonyl (C=O) groups excluding carboxylic acids is 1. The lowest BCUT2D eigenvalue weighted by atomic mass is 10.3. The lowest BCUT2D eigenvalue weighted by molar-refractivity contribution is -0.117. The standard InChI is InChI=1S/C12H21N5O2S/c1-2-11-14-15-12(20-11)13-10(19)9-17-5-3-16(4-6-17)7-8-18/h18H,2-9H2,1H3,(H,13,15,19). The summed E-state index contributed by atoms with van der Waals surface area (Å²) in [7, 11) is 0. The molecule has 1 amide bonds. The van der Waals surface area contributed by atoms with Crippen LogP contribution in [0.3, 0.4) is 0 Å². The van der Waals surface area contributed by atoms with Crippen molar-refractivity contribution in [1.29, 1.82) is 0 Å². The Morgan fingerprint density at radius 2 is 2.00 bits per heavy atom. The Balaban J connectivity index is 1.72. The number of aromatic nitrogens is 2. The van der Waals surface area contributed by atoms with Crippen LogP contribution in [-0.4, -0.2) is 76.9 Å².